The summed E-state index contributed by atoms with van der Waals surface area (Å²) >= 11 is 0. The Kier molecular flexibility index (Phi) is 6.77. The Morgan fingerprint density at radius 1 is 1.20 bits per heavy atom. The van der Waals surface area contributed by atoms with Gasteiger partial charge in [0.05, 0.1) is 11.4 Å². The number of nitrogens with one attached hydrogen (secondary N) is 1. The highest BCUT2D eigenvalue weighted by molar-refractivity contribution is 6.03. The molecule has 0 amide bonds. The van der Waals surface area contributed by atoms with Crippen LogP contribution >= 0.6 is 0 Å². The Balaban J connectivity index is 1.35. The first kappa shape index (κ1) is 28.4. The van der Waals surface area contributed by atoms with Crippen molar-refractivity contribution < 1.29 is 13.9 Å². The predicted octanol–water partition coefficient (Wildman–Crippen LogP) is 6.26. The number of benzene rings is 2. The molecule has 4 fully saturated rings. The van der Waals surface area contributed by atoms with Gasteiger partial charge in [0.15, 0.2) is 5.82 Å². The fourth-order valence-corrected chi connectivity index (χ4v) is 8.53. The van der Waals surface area contributed by atoms with Crippen molar-refractivity contribution in [1.82, 2.24) is 20.2 Å². The molecule has 8 rings (SSSR count). The minimum Gasteiger partial charge on any atom is -0.508 e. The molecule has 4 aliphatic heterocycles. The number of nitriles is 1. The van der Waals surface area contributed by atoms with Gasteiger partial charge >= 0.3 is 0 Å². The lowest BCUT2D eigenvalue weighted by Crippen LogP contribution is -2.51. The summed E-state index contributed by atoms with van der Waals surface area (Å²) in [6.07, 6.45) is 9.69. The first-order chi connectivity index (χ1) is 21.9. The number of piperazine rings is 1. The number of nitrogens with zero attached hydrogens (tertiary/aromatic N) is 5. The molecule has 2 N–H and O–H groups in total. The Morgan fingerprint density at radius 2 is 2.02 bits per heavy atom. The second kappa shape index (κ2) is 10.7. The minimum atomic E-state index is -0.891. The molecule has 0 spiro atoms. The third kappa shape index (κ3) is 4.57. The van der Waals surface area contributed by atoms with Crippen LogP contribution in [0.1, 0.15) is 55.8 Å². The van der Waals surface area contributed by atoms with E-state index in [2.05, 4.69) is 26.2 Å². The van der Waals surface area contributed by atoms with Crippen molar-refractivity contribution in [3.8, 4) is 23.1 Å². The van der Waals surface area contributed by atoms with E-state index in [1.807, 2.05) is 37.3 Å². The third-order valence-electron chi connectivity index (χ3n) is 10.5. The number of aromatic hydroxyl groups is 1. The smallest absolute Gasteiger partial charge is 0.175 e. The molecule has 9 heteroatoms. The highest BCUT2D eigenvalue weighted by Crippen LogP contribution is 2.43. The zero-order chi connectivity index (χ0) is 30.9. The van der Waals surface area contributed by atoms with Gasteiger partial charge in [-0.1, -0.05) is 31.2 Å². The first-order valence-electron chi connectivity index (χ1n) is 16.1. The Labute approximate surface area is 261 Å². The Morgan fingerprint density at radius 3 is 2.80 bits per heavy atom. The fourth-order valence-electron chi connectivity index (χ4n) is 8.53. The average molecular weight is 607 g/mol. The minimum absolute atomic E-state index is 0.0311. The first-order valence-corrected chi connectivity index (χ1v) is 16.1. The van der Waals surface area contributed by atoms with Crippen molar-refractivity contribution in [2.45, 2.75) is 69.2 Å². The van der Waals surface area contributed by atoms with Gasteiger partial charge in [0.2, 0.25) is 0 Å². The summed E-state index contributed by atoms with van der Waals surface area (Å²) in [4.78, 5) is 13.9. The summed E-state index contributed by atoms with van der Waals surface area (Å²) in [7, 11) is 0. The Hall–Kier alpha value is -4.13. The monoisotopic (exact) mass is 606 g/mol. The van der Waals surface area contributed by atoms with Crippen molar-refractivity contribution >= 4 is 33.4 Å². The van der Waals surface area contributed by atoms with E-state index in [4.69, 9.17) is 4.98 Å². The van der Waals surface area contributed by atoms with Gasteiger partial charge in [-0.3, -0.25) is 9.88 Å². The molecule has 0 saturated carbocycles. The molecule has 45 heavy (non-hydrogen) atoms. The SMILES string of the molecule is CCc1cccc2cc(O)cc(-c3ncc4c(N5CC6CCC(C5)N6)c(C#N)c(/C=C/[C@@]56CCCN5C[C@H](F)C6)nc4c3F)c12. The van der Waals surface area contributed by atoms with Gasteiger partial charge in [-0.2, -0.15) is 5.26 Å². The van der Waals surface area contributed by atoms with E-state index in [0.717, 1.165) is 55.0 Å². The van der Waals surface area contributed by atoms with Crippen LogP contribution in [0.25, 0.3) is 39.0 Å². The highest BCUT2D eigenvalue weighted by Gasteiger charge is 2.47. The van der Waals surface area contributed by atoms with Crippen LogP contribution in [0.15, 0.2) is 42.6 Å². The van der Waals surface area contributed by atoms with Gasteiger partial charge in [0.25, 0.3) is 0 Å². The summed E-state index contributed by atoms with van der Waals surface area (Å²) in [6, 6.07) is 12.1. The van der Waals surface area contributed by atoms with Gasteiger partial charge in [0.1, 0.15) is 34.8 Å². The lowest BCUT2D eigenvalue weighted by atomic mass is 9.92. The topological polar surface area (TPSA) is 88.3 Å². The van der Waals surface area contributed by atoms with Crippen LogP contribution < -0.4 is 10.2 Å². The van der Waals surface area contributed by atoms with Crippen LogP contribution in [0, 0.1) is 17.1 Å². The number of phenols is 1. The molecular weight excluding hydrogens is 570 g/mol. The maximum absolute atomic E-state index is 17.0. The fraction of sp³-hybridized carbons (Fsp3) is 0.417. The molecule has 4 aromatic rings. The quantitative estimate of drug-likeness (QED) is 0.277. The lowest BCUT2D eigenvalue weighted by molar-refractivity contribution is 0.247. The standard InChI is InChI=1S/C36H36F2N6O/c1-2-21-5-3-6-22-13-26(45)14-27(31(21)22)33-32(38)34-29(17-40-33)35(43-19-24-7-8-25(20-43)41-24)28(16-39)30(42-34)9-11-36-10-4-12-44(36)18-23(37)15-36/h3,5-6,9,11,13-14,17,23-25,41,45H,2,4,7-8,10,12,15,18-20H2,1H3/b11-9+/t23-,24?,25?,36-/m1/s1. The maximum Gasteiger partial charge on any atom is 0.175 e. The normalized spacial score (nSPS) is 26.4. The van der Waals surface area contributed by atoms with E-state index in [1.165, 1.54) is 0 Å². The van der Waals surface area contributed by atoms with Crippen LogP contribution in [0.5, 0.6) is 5.75 Å². The van der Waals surface area contributed by atoms with E-state index < -0.39 is 17.5 Å². The molecule has 2 aromatic heterocycles. The molecule has 230 valence electrons. The van der Waals surface area contributed by atoms with E-state index >= 15 is 4.39 Å². The number of hydrogen-bond donors (Lipinski definition) is 2. The molecular formula is C36H36F2N6O. The van der Waals surface area contributed by atoms with Crippen molar-refractivity contribution in [3.63, 3.8) is 0 Å². The summed E-state index contributed by atoms with van der Waals surface area (Å²) in [6.45, 7) is 4.71. The zero-order valence-electron chi connectivity index (χ0n) is 25.4. The maximum atomic E-state index is 17.0. The van der Waals surface area contributed by atoms with Crippen LogP contribution in [0.2, 0.25) is 0 Å². The van der Waals surface area contributed by atoms with Crippen LogP contribution in [-0.4, -0.2) is 69.9 Å². The number of halogens is 2. The van der Waals surface area contributed by atoms with Crippen molar-refractivity contribution in [1.29, 1.82) is 5.26 Å². The molecule has 2 unspecified atom stereocenters. The Bertz CT molecular complexity index is 1910. The molecule has 2 bridgehead atoms. The summed E-state index contributed by atoms with van der Waals surface area (Å²) in [5, 5.41) is 27.0. The molecule has 6 heterocycles. The van der Waals surface area contributed by atoms with Gasteiger partial charge in [-0.25, -0.2) is 13.8 Å². The number of rotatable bonds is 5. The van der Waals surface area contributed by atoms with Gasteiger partial charge in [-0.05, 0) is 73.2 Å². The number of pyridine rings is 2. The van der Waals surface area contributed by atoms with E-state index in [9.17, 15) is 14.8 Å². The molecule has 4 atom stereocenters. The van der Waals surface area contributed by atoms with E-state index in [0.29, 0.717) is 66.0 Å². The van der Waals surface area contributed by atoms with Gasteiger partial charge < -0.3 is 15.3 Å². The van der Waals surface area contributed by atoms with E-state index in [-0.39, 0.29) is 17.0 Å². The summed E-state index contributed by atoms with van der Waals surface area (Å²) < 4.78 is 31.6. The summed E-state index contributed by atoms with van der Waals surface area (Å²) in [5.41, 5.74) is 2.81. The predicted molar refractivity (Wildman–Crippen MR) is 172 cm³/mol. The zero-order valence-corrected chi connectivity index (χ0v) is 25.4. The van der Waals surface area contributed by atoms with Crippen molar-refractivity contribution in [3.05, 3.63) is 65.2 Å². The number of aromatic nitrogens is 2. The molecule has 4 aliphatic rings. The third-order valence-corrected chi connectivity index (χ3v) is 10.5. The largest absolute Gasteiger partial charge is 0.508 e. The van der Waals surface area contributed by atoms with Crippen LogP contribution in [0.3, 0.4) is 0 Å². The molecule has 4 saturated heterocycles. The number of phenolic OH excluding ortho intramolecular Hbond substituents is 1. The highest BCUT2D eigenvalue weighted by atomic mass is 19.1. The molecule has 0 aliphatic carbocycles. The number of alkyl halides is 1. The van der Waals surface area contributed by atoms with Crippen molar-refractivity contribution in [2.75, 3.05) is 31.1 Å². The number of fused-ring (bicyclic) bond motifs is 5. The molecule has 0 radical (unpaired) electrons. The van der Waals surface area contributed by atoms with Gasteiger partial charge in [-0.15, -0.1) is 0 Å². The van der Waals surface area contributed by atoms with Crippen LogP contribution in [-0.2, 0) is 6.42 Å². The molecule has 2 aromatic carbocycles. The van der Waals surface area contributed by atoms with E-state index in [1.54, 1.807) is 18.3 Å². The lowest BCUT2D eigenvalue weighted by Gasteiger charge is -2.36. The number of aryl methyl sites for hydroxylation is 1. The second-order valence-electron chi connectivity index (χ2n) is 13.2. The second-order valence-corrected chi connectivity index (χ2v) is 13.2. The van der Waals surface area contributed by atoms with Crippen molar-refractivity contribution in [2.24, 2.45) is 0 Å². The summed E-state index contributed by atoms with van der Waals surface area (Å²) in [5.74, 6) is -0.558. The average Bonchev–Trinajstić information content (AvgIpc) is 3.68. The number of anilines is 1. The van der Waals surface area contributed by atoms with Crippen LogP contribution in [0.4, 0.5) is 14.5 Å². The molecule has 7 nitrogen and oxygen atoms in total. The van der Waals surface area contributed by atoms with Gasteiger partial charge in [0, 0.05) is 60.8 Å². The number of hydrogen-bond acceptors (Lipinski definition) is 7.